The number of fused-ring (bicyclic) bond motifs is 1. The summed E-state index contributed by atoms with van der Waals surface area (Å²) in [4.78, 5) is 17.0. The van der Waals surface area contributed by atoms with Crippen LogP contribution in [0.5, 0.6) is 0 Å². The van der Waals surface area contributed by atoms with Crippen LogP contribution in [0.15, 0.2) is 85.2 Å². The molecule has 4 heteroatoms. The Morgan fingerprint density at radius 2 is 1.69 bits per heavy atom. The normalized spacial score (nSPS) is 10.8. The van der Waals surface area contributed by atoms with Gasteiger partial charge in [0.05, 0.1) is 12.1 Å². The van der Waals surface area contributed by atoms with E-state index in [1.54, 1.807) is 0 Å². The average Bonchev–Trinajstić information content (AvgIpc) is 3.06. The molecule has 1 N–H and O–H groups in total. The molecule has 26 heavy (non-hydrogen) atoms. The highest BCUT2D eigenvalue weighted by Crippen LogP contribution is 2.19. The van der Waals surface area contributed by atoms with Crippen molar-refractivity contribution in [3.05, 3.63) is 102 Å². The molecule has 0 atom stereocenters. The van der Waals surface area contributed by atoms with Gasteiger partial charge in [0, 0.05) is 18.1 Å². The van der Waals surface area contributed by atoms with Crippen LogP contribution in [0, 0.1) is 0 Å². The summed E-state index contributed by atoms with van der Waals surface area (Å²) in [5.74, 6) is -0.0612. The van der Waals surface area contributed by atoms with Gasteiger partial charge in [0.2, 0.25) is 5.91 Å². The highest BCUT2D eigenvalue weighted by Gasteiger charge is 2.10. The van der Waals surface area contributed by atoms with Gasteiger partial charge in [-0.1, -0.05) is 54.6 Å². The fourth-order valence-electron chi connectivity index (χ4n) is 3.04. The number of para-hydroxylation sites is 1. The maximum Gasteiger partial charge on any atom is 0.230 e. The number of pyridine rings is 1. The first kappa shape index (κ1) is 16.1. The number of nitrogens with zero attached hydrogens (tertiary/aromatic N) is 2. The van der Waals surface area contributed by atoms with Crippen LogP contribution in [0.2, 0.25) is 0 Å². The lowest BCUT2D eigenvalue weighted by Crippen LogP contribution is -2.15. The lowest BCUT2D eigenvalue weighted by atomic mass is 10.0. The van der Waals surface area contributed by atoms with E-state index in [0.29, 0.717) is 0 Å². The molecule has 0 saturated heterocycles. The molecule has 2 aromatic carbocycles. The SMILES string of the molecule is O=C(Cc1cn2ccccc2n1)Nc1ccccc1Cc1ccccc1. The van der Waals surface area contributed by atoms with Gasteiger partial charge in [0.15, 0.2) is 0 Å². The van der Waals surface area contributed by atoms with E-state index in [-0.39, 0.29) is 12.3 Å². The van der Waals surface area contributed by atoms with E-state index in [4.69, 9.17) is 0 Å². The van der Waals surface area contributed by atoms with Crippen LogP contribution in [-0.4, -0.2) is 15.3 Å². The molecule has 0 unspecified atom stereocenters. The first-order chi connectivity index (χ1) is 12.8. The summed E-state index contributed by atoms with van der Waals surface area (Å²) in [6.07, 6.45) is 4.86. The zero-order valence-electron chi connectivity index (χ0n) is 14.3. The molecule has 0 bridgehead atoms. The Balaban J connectivity index is 1.49. The zero-order valence-corrected chi connectivity index (χ0v) is 14.3. The second-order valence-corrected chi connectivity index (χ2v) is 6.24. The van der Waals surface area contributed by atoms with Gasteiger partial charge in [-0.25, -0.2) is 4.98 Å². The summed E-state index contributed by atoms with van der Waals surface area (Å²) in [6, 6.07) is 24.0. The summed E-state index contributed by atoms with van der Waals surface area (Å²) < 4.78 is 1.92. The van der Waals surface area contributed by atoms with Crippen molar-refractivity contribution in [2.45, 2.75) is 12.8 Å². The molecule has 4 aromatic rings. The smallest absolute Gasteiger partial charge is 0.230 e. The number of rotatable bonds is 5. The quantitative estimate of drug-likeness (QED) is 0.594. The van der Waals surface area contributed by atoms with Gasteiger partial charge in [-0.15, -0.1) is 0 Å². The molecule has 1 amide bonds. The Morgan fingerprint density at radius 3 is 2.54 bits per heavy atom. The van der Waals surface area contributed by atoms with Crippen molar-refractivity contribution in [2.75, 3.05) is 5.32 Å². The molecule has 2 aromatic heterocycles. The monoisotopic (exact) mass is 341 g/mol. The van der Waals surface area contributed by atoms with E-state index < -0.39 is 0 Å². The minimum Gasteiger partial charge on any atom is -0.325 e. The van der Waals surface area contributed by atoms with Crippen molar-refractivity contribution in [3.8, 4) is 0 Å². The molecule has 0 fully saturated rings. The standard InChI is InChI=1S/C22H19N3O/c26-22(15-19-16-25-13-7-6-12-21(25)23-19)24-20-11-5-4-10-18(20)14-17-8-2-1-3-9-17/h1-13,16H,14-15H2,(H,24,26). The maximum atomic E-state index is 12.5. The van der Waals surface area contributed by atoms with Gasteiger partial charge in [-0.05, 0) is 35.7 Å². The highest BCUT2D eigenvalue weighted by atomic mass is 16.1. The molecule has 4 nitrogen and oxygen atoms in total. The Morgan fingerprint density at radius 1 is 0.923 bits per heavy atom. The molecular formula is C22H19N3O. The fraction of sp³-hybridized carbons (Fsp3) is 0.0909. The molecule has 0 spiro atoms. The van der Waals surface area contributed by atoms with Crippen molar-refractivity contribution in [3.63, 3.8) is 0 Å². The van der Waals surface area contributed by atoms with E-state index in [0.717, 1.165) is 29.0 Å². The van der Waals surface area contributed by atoms with Crippen LogP contribution in [0.1, 0.15) is 16.8 Å². The van der Waals surface area contributed by atoms with Crippen molar-refractivity contribution in [2.24, 2.45) is 0 Å². The van der Waals surface area contributed by atoms with E-state index in [1.807, 2.05) is 77.5 Å². The largest absolute Gasteiger partial charge is 0.325 e. The highest BCUT2D eigenvalue weighted by molar-refractivity contribution is 5.92. The van der Waals surface area contributed by atoms with Crippen LogP contribution in [0.3, 0.4) is 0 Å². The van der Waals surface area contributed by atoms with Crippen LogP contribution in [0.4, 0.5) is 5.69 Å². The number of nitrogens with one attached hydrogen (secondary N) is 1. The molecule has 0 aliphatic heterocycles. The topological polar surface area (TPSA) is 46.4 Å². The Labute approximate surface area is 152 Å². The molecular weight excluding hydrogens is 322 g/mol. The molecule has 0 radical (unpaired) electrons. The number of imidazole rings is 1. The summed E-state index contributed by atoms with van der Waals surface area (Å²) in [7, 11) is 0. The number of benzene rings is 2. The minimum atomic E-state index is -0.0612. The lowest BCUT2D eigenvalue weighted by Gasteiger charge is -2.11. The Kier molecular flexibility index (Phi) is 4.48. The summed E-state index contributed by atoms with van der Waals surface area (Å²) >= 11 is 0. The van der Waals surface area contributed by atoms with E-state index in [2.05, 4.69) is 22.4 Å². The van der Waals surface area contributed by atoms with E-state index in [1.165, 1.54) is 5.56 Å². The predicted molar refractivity (Wildman–Crippen MR) is 103 cm³/mol. The molecule has 128 valence electrons. The van der Waals surface area contributed by atoms with Crippen LogP contribution in [0.25, 0.3) is 5.65 Å². The van der Waals surface area contributed by atoms with Crippen molar-refractivity contribution in [1.82, 2.24) is 9.38 Å². The fourth-order valence-corrected chi connectivity index (χ4v) is 3.04. The van der Waals surface area contributed by atoms with Crippen LogP contribution >= 0.6 is 0 Å². The third-order valence-electron chi connectivity index (χ3n) is 4.28. The first-order valence-electron chi connectivity index (χ1n) is 8.62. The Hall–Kier alpha value is -3.40. The zero-order chi connectivity index (χ0) is 17.8. The number of carbonyl (C=O) groups excluding carboxylic acids is 1. The number of hydrogen-bond donors (Lipinski definition) is 1. The Bertz CT molecular complexity index is 1000. The molecule has 0 saturated carbocycles. The number of anilines is 1. The lowest BCUT2D eigenvalue weighted by molar-refractivity contribution is -0.115. The summed E-state index contributed by atoms with van der Waals surface area (Å²) in [5, 5.41) is 3.04. The van der Waals surface area contributed by atoms with E-state index in [9.17, 15) is 4.79 Å². The average molecular weight is 341 g/mol. The predicted octanol–water partition coefficient (Wildman–Crippen LogP) is 4.11. The maximum absolute atomic E-state index is 12.5. The minimum absolute atomic E-state index is 0.0612. The van der Waals surface area contributed by atoms with Gasteiger partial charge in [0.1, 0.15) is 5.65 Å². The third-order valence-corrected chi connectivity index (χ3v) is 4.28. The van der Waals surface area contributed by atoms with Crippen LogP contribution in [-0.2, 0) is 17.6 Å². The summed E-state index contributed by atoms with van der Waals surface area (Å²) in [5.41, 5.74) is 4.77. The van der Waals surface area contributed by atoms with Gasteiger partial charge < -0.3 is 9.72 Å². The van der Waals surface area contributed by atoms with Gasteiger partial charge in [-0.2, -0.15) is 0 Å². The first-order valence-corrected chi connectivity index (χ1v) is 8.62. The number of hydrogen-bond acceptors (Lipinski definition) is 2. The van der Waals surface area contributed by atoms with Crippen molar-refractivity contribution < 1.29 is 4.79 Å². The second kappa shape index (κ2) is 7.23. The van der Waals surface area contributed by atoms with E-state index >= 15 is 0 Å². The molecule has 0 aliphatic carbocycles. The second-order valence-electron chi connectivity index (χ2n) is 6.24. The van der Waals surface area contributed by atoms with Crippen LogP contribution < -0.4 is 5.32 Å². The van der Waals surface area contributed by atoms with Crippen molar-refractivity contribution in [1.29, 1.82) is 0 Å². The number of amides is 1. The number of aromatic nitrogens is 2. The molecule has 0 aliphatic rings. The molecule has 4 rings (SSSR count). The number of carbonyl (C=O) groups is 1. The molecule has 2 heterocycles. The van der Waals surface area contributed by atoms with Gasteiger partial charge >= 0.3 is 0 Å². The van der Waals surface area contributed by atoms with Crippen molar-refractivity contribution >= 4 is 17.2 Å². The van der Waals surface area contributed by atoms with Gasteiger partial charge in [-0.3, -0.25) is 4.79 Å². The summed E-state index contributed by atoms with van der Waals surface area (Å²) in [6.45, 7) is 0. The third kappa shape index (κ3) is 3.64. The van der Waals surface area contributed by atoms with Gasteiger partial charge in [0.25, 0.3) is 0 Å².